The van der Waals surface area contributed by atoms with Crippen molar-refractivity contribution < 1.29 is 27.1 Å². The highest BCUT2D eigenvalue weighted by Crippen LogP contribution is 2.45. The summed E-state index contributed by atoms with van der Waals surface area (Å²) >= 11 is 1.16. The zero-order chi connectivity index (χ0) is 22.1. The Morgan fingerprint density at radius 1 is 0.968 bits per heavy atom. The molecule has 0 N–H and O–H groups in total. The highest BCUT2D eigenvalue weighted by atomic mass is 32.2. The van der Waals surface area contributed by atoms with Gasteiger partial charge in [-0.25, -0.2) is 22.6 Å². The summed E-state index contributed by atoms with van der Waals surface area (Å²) in [4.78, 5) is 13.1. The molecule has 0 spiro atoms. The number of methoxy groups -OCH3 is 1. The van der Waals surface area contributed by atoms with E-state index in [9.17, 15) is 22.4 Å². The second-order valence-electron chi connectivity index (χ2n) is 6.50. The van der Waals surface area contributed by atoms with Gasteiger partial charge >= 0.3 is 0 Å². The standard InChI is InChI=1S/C22H14F4N2O2S/c1-30-17-5-3-2-4-14(17)22-28(21(29)15-10-11-16(24)19(26)18(15)25)27-20(31-22)12-6-8-13(23)9-7-12/h2-11,22H,1H3. The molecule has 4 rings (SSSR count). The van der Waals surface area contributed by atoms with E-state index in [-0.39, 0.29) is 0 Å². The second-order valence-corrected chi connectivity index (χ2v) is 7.57. The van der Waals surface area contributed by atoms with Crippen LogP contribution in [0.3, 0.4) is 0 Å². The van der Waals surface area contributed by atoms with Crippen molar-refractivity contribution >= 4 is 22.7 Å². The number of amides is 1. The topological polar surface area (TPSA) is 41.9 Å². The molecule has 1 amide bonds. The number of hydrogen-bond donors (Lipinski definition) is 0. The minimum Gasteiger partial charge on any atom is -0.496 e. The summed E-state index contributed by atoms with van der Waals surface area (Å²) in [5.74, 6) is -5.68. The summed E-state index contributed by atoms with van der Waals surface area (Å²) < 4.78 is 60.1. The van der Waals surface area contributed by atoms with Gasteiger partial charge in [-0.3, -0.25) is 4.79 Å². The van der Waals surface area contributed by atoms with Crippen LogP contribution in [0.4, 0.5) is 17.6 Å². The van der Waals surface area contributed by atoms with Gasteiger partial charge in [0.1, 0.15) is 22.0 Å². The van der Waals surface area contributed by atoms with E-state index in [0.717, 1.165) is 22.8 Å². The lowest BCUT2D eigenvalue weighted by atomic mass is 10.1. The number of nitrogens with zero attached hydrogens (tertiary/aromatic N) is 2. The van der Waals surface area contributed by atoms with Gasteiger partial charge in [0.05, 0.1) is 12.7 Å². The molecule has 1 aliphatic rings. The fourth-order valence-corrected chi connectivity index (χ4v) is 4.26. The van der Waals surface area contributed by atoms with E-state index in [1.54, 1.807) is 24.3 Å². The molecule has 0 saturated carbocycles. The maximum Gasteiger partial charge on any atom is 0.278 e. The SMILES string of the molecule is COc1ccccc1C1SC(c2ccc(F)cc2)=NN1C(=O)c1ccc(F)c(F)c1F. The molecule has 3 aromatic rings. The summed E-state index contributed by atoms with van der Waals surface area (Å²) in [7, 11) is 1.46. The normalized spacial score (nSPS) is 15.7. The van der Waals surface area contributed by atoms with Gasteiger partial charge in [0, 0.05) is 11.1 Å². The molecular weight excluding hydrogens is 432 g/mol. The minimum atomic E-state index is -1.74. The smallest absolute Gasteiger partial charge is 0.278 e. The Morgan fingerprint density at radius 3 is 2.39 bits per heavy atom. The van der Waals surface area contributed by atoms with Gasteiger partial charge in [-0.15, -0.1) is 0 Å². The monoisotopic (exact) mass is 446 g/mol. The van der Waals surface area contributed by atoms with Crippen LogP contribution in [-0.2, 0) is 0 Å². The number of benzene rings is 3. The third-order valence-electron chi connectivity index (χ3n) is 4.61. The highest BCUT2D eigenvalue weighted by Gasteiger charge is 2.37. The zero-order valence-electron chi connectivity index (χ0n) is 16.0. The Bertz CT molecular complexity index is 1180. The Kier molecular flexibility index (Phi) is 5.69. The molecule has 4 nitrogen and oxygen atoms in total. The first-order chi connectivity index (χ1) is 14.9. The summed E-state index contributed by atoms with van der Waals surface area (Å²) in [5, 5.41) is 4.86. The third-order valence-corrected chi connectivity index (χ3v) is 5.83. The highest BCUT2D eigenvalue weighted by molar-refractivity contribution is 8.14. The molecule has 1 unspecified atom stereocenters. The fraction of sp³-hybridized carbons (Fsp3) is 0.0909. The molecule has 1 heterocycles. The van der Waals surface area contributed by atoms with Crippen molar-refractivity contribution in [3.8, 4) is 5.75 Å². The van der Waals surface area contributed by atoms with E-state index >= 15 is 0 Å². The lowest BCUT2D eigenvalue weighted by Crippen LogP contribution is -2.27. The maximum absolute atomic E-state index is 14.3. The van der Waals surface area contributed by atoms with Crippen molar-refractivity contribution in [1.82, 2.24) is 5.01 Å². The number of ether oxygens (including phenoxy) is 1. The van der Waals surface area contributed by atoms with Crippen LogP contribution in [0.2, 0.25) is 0 Å². The van der Waals surface area contributed by atoms with E-state index in [4.69, 9.17) is 4.74 Å². The van der Waals surface area contributed by atoms with Gasteiger partial charge in [-0.05, 0) is 42.5 Å². The summed E-state index contributed by atoms with van der Waals surface area (Å²) in [6, 6.07) is 13.9. The molecule has 1 aliphatic heterocycles. The van der Waals surface area contributed by atoms with Crippen molar-refractivity contribution in [2.75, 3.05) is 7.11 Å². The molecule has 0 aromatic heterocycles. The Morgan fingerprint density at radius 2 is 1.68 bits per heavy atom. The Hall–Kier alpha value is -3.33. The van der Waals surface area contributed by atoms with E-state index in [0.29, 0.717) is 28.0 Å². The molecule has 158 valence electrons. The van der Waals surface area contributed by atoms with Crippen LogP contribution in [0.5, 0.6) is 5.75 Å². The molecule has 0 radical (unpaired) electrons. The molecular formula is C22H14F4N2O2S. The van der Waals surface area contributed by atoms with Crippen molar-refractivity contribution in [2.24, 2.45) is 5.10 Å². The fourth-order valence-electron chi connectivity index (χ4n) is 3.08. The van der Waals surface area contributed by atoms with Gasteiger partial charge in [0.2, 0.25) is 0 Å². The number of halogens is 4. The number of para-hydroxylation sites is 1. The first-order valence-corrected chi connectivity index (χ1v) is 9.90. The first kappa shape index (κ1) is 20.9. The molecule has 3 aromatic carbocycles. The summed E-state index contributed by atoms with van der Waals surface area (Å²) in [6.45, 7) is 0. The van der Waals surface area contributed by atoms with Crippen molar-refractivity contribution in [1.29, 1.82) is 0 Å². The Labute approximate surface area is 179 Å². The van der Waals surface area contributed by atoms with Gasteiger partial charge in [-0.1, -0.05) is 30.0 Å². The number of hydrazone groups is 1. The third kappa shape index (κ3) is 3.88. The average molecular weight is 446 g/mol. The number of hydrogen-bond acceptors (Lipinski definition) is 4. The Balaban J connectivity index is 1.80. The van der Waals surface area contributed by atoms with E-state index in [1.807, 2.05) is 0 Å². The van der Waals surface area contributed by atoms with Crippen LogP contribution in [0.1, 0.15) is 26.9 Å². The minimum absolute atomic E-state index is 0.368. The lowest BCUT2D eigenvalue weighted by Gasteiger charge is -2.23. The largest absolute Gasteiger partial charge is 0.496 e. The maximum atomic E-state index is 14.3. The zero-order valence-corrected chi connectivity index (χ0v) is 16.8. The number of carbonyl (C=O) groups is 1. The van der Waals surface area contributed by atoms with Crippen LogP contribution >= 0.6 is 11.8 Å². The lowest BCUT2D eigenvalue weighted by molar-refractivity contribution is 0.0742. The second kappa shape index (κ2) is 8.43. The van der Waals surface area contributed by atoms with Crippen LogP contribution in [0.25, 0.3) is 0 Å². The van der Waals surface area contributed by atoms with Crippen LogP contribution in [0, 0.1) is 23.3 Å². The summed E-state index contributed by atoms with van der Waals surface area (Å²) in [6.07, 6.45) is 0. The number of carbonyl (C=O) groups excluding carboxylic acids is 1. The van der Waals surface area contributed by atoms with Crippen LogP contribution < -0.4 is 4.74 Å². The molecule has 0 aliphatic carbocycles. The number of rotatable bonds is 4. The quantitative estimate of drug-likeness (QED) is 0.393. The van der Waals surface area contributed by atoms with Gasteiger partial charge in [-0.2, -0.15) is 5.10 Å². The molecule has 0 bridgehead atoms. The predicted molar refractivity (Wildman–Crippen MR) is 109 cm³/mol. The number of thioether (sulfide) groups is 1. The van der Waals surface area contributed by atoms with Gasteiger partial charge < -0.3 is 4.74 Å². The van der Waals surface area contributed by atoms with Crippen LogP contribution in [0.15, 0.2) is 65.8 Å². The molecule has 9 heteroatoms. The molecule has 31 heavy (non-hydrogen) atoms. The predicted octanol–water partition coefficient (Wildman–Crippen LogP) is 5.50. The van der Waals surface area contributed by atoms with Crippen molar-refractivity contribution in [2.45, 2.75) is 5.37 Å². The van der Waals surface area contributed by atoms with E-state index < -0.39 is 40.1 Å². The van der Waals surface area contributed by atoms with Gasteiger partial charge in [0.25, 0.3) is 5.91 Å². The van der Waals surface area contributed by atoms with Crippen molar-refractivity contribution in [3.05, 3.63) is 101 Å². The van der Waals surface area contributed by atoms with Gasteiger partial charge in [0.15, 0.2) is 17.5 Å². The van der Waals surface area contributed by atoms with Crippen LogP contribution in [-0.4, -0.2) is 23.1 Å². The summed E-state index contributed by atoms with van der Waals surface area (Å²) in [5.41, 5.74) is 0.433. The van der Waals surface area contributed by atoms with E-state index in [2.05, 4.69) is 5.10 Å². The van der Waals surface area contributed by atoms with Crippen molar-refractivity contribution in [3.63, 3.8) is 0 Å². The average Bonchev–Trinajstić information content (AvgIpc) is 3.23. The molecule has 1 atom stereocenters. The molecule has 0 saturated heterocycles. The van der Waals surface area contributed by atoms with E-state index in [1.165, 1.54) is 31.4 Å². The first-order valence-electron chi connectivity index (χ1n) is 9.02. The molecule has 0 fully saturated rings.